The lowest BCUT2D eigenvalue weighted by atomic mass is 10.1. The van der Waals surface area contributed by atoms with Gasteiger partial charge < -0.3 is 10.2 Å². The van der Waals surface area contributed by atoms with E-state index in [2.05, 4.69) is 5.32 Å². The van der Waals surface area contributed by atoms with Crippen molar-refractivity contribution in [3.8, 4) is 0 Å². The van der Waals surface area contributed by atoms with Crippen molar-refractivity contribution in [1.82, 2.24) is 10.2 Å². The smallest absolute Gasteiger partial charge is 0.243 e. The van der Waals surface area contributed by atoms with Crippen LogP contribution in [-0.4, -0.2) is 34.0 Å². The van der Waals surface area contributed by atoms with Gasteiger partial charge in [-0.25, -0.2) is 0 Å². The Morgan fingerprint density at radius 3 is 2.00 bits per heavy atom. The molecule has 0 saturated heterocycles. The number of benzene rings is 2. The molecule has 0 aliphatic carbocycles. The Balaban J connectivity index is 2.21. The fourth-order valence-electron chi connectivity index (χ4n) is 3.13. The molecule has 4 nitrogen and oxygen atoms in total. The Kier molecular flexibility index (Phi) is 8.54. The van der Waals surface area contributed by atoms with Gasteiger partial charge in [0.05, 0.1) is 5.75 Å². The number of rotatable bonds is 8. The Hall–Kier alpha value is -2.27. The highest BCUT2D eigenvalue weighted by atomic mass is 32.2. The first kappa shape index (κ1) is 24.0. The summed E-state index contributed by atoms with van der Waals surface area (Å²) in [5.41, 5.74) is 3.04. The van der Waals surface area contributed by atoms with Crippen LogP contribution in [0.15, 0.2) is 53.4 Å². The predicted octanol–water partition coefficient (Wildman–Crippen LogP) is 5.12. The quantitative estimate of drug-likeness (QED) is 0.596. The first-order valence-electron chi connectivity index (χ1n) is 10.5. The topological polar surface area (TPSA) is 49.4 Å². The summed E-state index contributed by atoms with van der Waals surface area (Å²) in [5, 5.41) is 3.04. The van der Waals surface area contributed by atoms with Crippen LogP contribution < -0.4 is 5.32 Å². The third kappa shape index (κ3) is 7.52. The van der Waals surface area contributed by atoms with Gasteiger partial charge in [0.1, 0.15) is 6.04 Å². The molecule has 2 amide bonds. The third-order valence-corrected chi connectivity index (χ3v) is 5.74. The maximum absolute atomic E-state index is 13.3. The Bertz CT molecular complexity index is 839. The van der Waals surface area contributed by atoms with Crippen LogP contribution >= 0.6 is 11.8 Å². The average molecular weight is 427 g/mol. The largest absolute Gasteiger partial charge is 0.350 e. The van der Waals surface area contributed by atoms with Crippen LogP contribution in [0, 0.1) is 13.8 Å². The fraction of sp³-hybridized carbons (Fsp3) is 0.440. The number of hydrogen-bond donors (Lipinski definition) is 1. The SMILES string of the molecule is CC[C@@H](C(=O)NC(C)(C)C)N(Cc1ccc(C)cc1)C(=O)CSc1ccc(C)cc1. The molecule has 0 fully saturated rings. The van der Waals surface area contributed by atoms with Crippen molar-refractivity contribution in [1.29, 1.82) is 0 Å². The number of carbonyl (C=O) groups is 2. The number of aryl methyl sites for hydroxylation is 2. The van der Waals surface area contributed by atoms with Crippen molar-refractivity contribution in [2.75, 3.05) is 5.75 Å². The summed E-state index contributed by atoms with van der Waals surface area (Å²) >= 11 is 1.51. The summed E-state index contributed by atoms with van der Waals surface area (Å²) in [6, 6.07) is 15.8. The molecule has 1 atom stereocenters. The molecule has 0 bridgehead atoms. The highest BCUT2D eigenvalue weighted by Gasteiger charge is 2.30. The predicted molar refractivity (Wildman–Crippen MR) is 126 cm³/mol. The van der Waals surface area contributed by atoms with E-state index in [0.29, 0.717) is 18.7 Å². The van der Waals surface area contributed by atoms with E-state index in [1.807, 2.05) is 90.1 Å². The van der Waals surface area contributed by atoms with Gasteiger partial charge >= 0.3 is 0 Å². The van der Waals surface area contributed by atoms with Crippen LogP contribution in [0.3, 0.4) is 0 Å². The first-order valence-corrected chi connectivity index (χ1v) is 11.4. The van der Waals surface area contributed by atoms with Crippen molar-refractivity contribution in [2.24, 2.45) is 0 Å². The lowest BCUT2D eigenvalue weighted by Gasteiger charge is -2.33. The molecule has 0 aromatic heterocycles. The number of nitrogens with zero attached hydrogens (tertiary/aromatic N) is 1. The summed E-state index contributed by atoms with van der Waals surface area (Å²) < 4.78 is 0. The molecule has 2 aromatic rings. The highest BCUT2D eigenvalue weighted by Crippen LogP contribution is 2.21. The van der Waals surface area contributed by atoms with Crippen LogP contribution in [0.1, 0.15) is 50.8 Å². The van der Waals surface area contributed by atoms with Gasteiger partial charge in [0.25, 0.3) is 0 Å². The number of hydrogen-bond acceptors (Lipinski definition) is 3. The van der Waals surface area contributed by atoms with E-state index >= 15 is 0 Å². The molecule has 0 radical (unpaired) electrons. The second kappa shape index (κ2) is 10.7. The Morgan fingerprint density at radius 1 is 0.967 bits per heavy atom. The van der Waals surface area contributed by atoms with Gasteiger partial charge in [-0.15, -0.1) is 11.8 Å². The maximum Gasteiger partial charge on any atom is 0.243 e. The number of nitrogens with one attached hydrogen (secondary N) is 1. The summed E-state index contributed by atoms with van der Waals surface area (Å²) in [5.74, 6) is 0.164. The zero-order valence-corrected chi connectivity index (χ0v) is 19.8. The van der Waals surface area contributed by atoms with Gasteiger partial charge in [0.2, 0.25) is 11.8 Å². The Labute approximate surface area is 185 Å². The van der Waals surface area contributed by atoms with E-state index in [1.165, 1.54) is 22.9 Å². The molecule has 0 spiro atoms. The minimum Gasteiger partial charge on any atom is -0.350 e. The zero-order valence-electron chi connectivity index (χ0n) is 19.0. The molecule has 0 unspecified atom stereocenters. The standard InChI is InChI=1S/C25H34N2O2S/c1-7-22(24(29)26-25(4,5)6)27(16-20-12-8-18(2)9-13-20)23(28)17-30-21-14-10-19(3)11-15-21/h8-15,22H,7,16-17H2,1-6H3,(H,26,29)/t22-/m0/s1. The van der Waals surface area contributed by atoms with Crippen molar-refractivity contribution < 1.29 is 9.59 Å². The van der Waals surface area contributed by atoms with Crippen LogP contribution in [0.25, 0.3) is 0 Å². The normalized spacial score (nSPS) is 12.3. The van der Waals surface area contributed by atoms with Gasteiger partial charge in [0, 0.05) is 17.0 Å². The van der Waals surface area contributed by atoms with Crippen molar-refractivity contribution in [2.45, 2.75) is 71.0 Å². The van der Waals surface area contributed by atoms with Crippen LogP contribution in [0.4, 0.5) is 0 Å². The van der Waals surface area contributed by atoms with E-state index < -0.39 is 6.04 Å². The molecular weight excluding hydrogens is 392 g/mol. The van der Waals surface area contributed by atoms with E-state index in [0.717, 1.165) is 10.5 Å². The van der Waals surface area contributed by atoms with E-state index in [4.69, 9.17) is 0 Å². The molecule has 0 heterocycles. The van der Waals surface area contributed by atoms with Crippen LogP contribution in [0.2, 0.25) is 0 Å². The summed E-state index contributed by atoms with van der Waals surface area (Å²) in [6.07, 6.45) is 0.564. The van der Waals surface area contributed by atoms with Crippen molar-refractivity contribution in [3.63, 3.8) is 0 Å². The molecule has 5 heteroatoms. The molecule has 30 heavy (non-hydrogen) atoms. The lowest BCUT2D eigenvalue weighted by Crippen LogP contribution is -2.53. The maximum atomic E-state index is 13.3. The minimum atomic E-state index is -0.503. The summed E-state index contributed by atoms with van der Waals surface area (Å²) in [7, 11) is 0. The summed E-state index contributed by atoms with van der Waals surface area (Å²) in [4.78, 5) is 29.0. The molecule has 2 rings (SSSR count). The summed E-state index contributed by atoms with van der Waals surface area (Å²) in [6.45, 7) is 12.3. The van der Waals surface area contributed by atoms with Crippen LogP contribution in [0.5, 0.6) is 0 Å². The fourth-order valence-corrected chi connectivity index (χ4v) is 3.91. The van der Waals surface area contributed by atoms with E-state index in [1.54, 1.807) is 4.90 Å². The van der Waals surface area contributed by atoms with Gasteiger partial charge in [-0.2, -0.15) is 0 Å². The van der Waals surface area contributed by atoms with Gasteiger partial charge in [-0.05, 0) is 58.7 Å². The molecule has 0 aliphatic heterocycles. The van der Waals surface area contributed by atoms with Crippen LogP contribution in [-0.2, 0) is 16.1 Å². The molecular formula is C25H34N2O2S. The lowest BCUT2D eigenvalue weighted by molar-refractivity contribution is -0.140. The second-order valence-electron chi connectivity index (χ2n) is 8.77. The van der Waals surface area contributed by atoms with Gasteiger partial charge in [-0.3, -0.25) is 9.59 Å². The highest BCUT2D eigenvalue weighted by molar-refractivity contribution is 8.00. The first-order chi connectivity index (χ1) is 14.1. The molecule has 0 aliphatic rings. The van der Waals surface area contributed by atoms with E-state index in [9.17, 15) is 9.59 Å². The van der Waals surface area contributed by atoms with Crippen molar-refractivity contribution >= 4 is 23.6 Å². The zero-order chi connectivity index (χ0) is 22.3. The van der Waals surface area contributed by atoms with Crippen molar-refractivity contribution in [3.05, 3.63) is 65.2 Å². The Morgan fingerprint density at radius 2 is 1.50 bits per heavy atom. The molecule has 162 valence electrons. The average Bonchev–Trinajstić information content (AvgIpc) is 2.67. The van der Waals surface area contributed by atoms with Gasteiger partial charge in [-0.1, -0.05) is 54.4 Å². The molecule has 0 saturated carbocycles. The molecule has 1 N–H and O–H groups in total. The number of thioether (sulfide) groups is 1. The van der Waals surface area contributed by atoms with Gasteiger partial charge in [0.15, 0.2) is 0 Å². The second-order valence-corrected chi connectivity index (χ2v) is 9.82. The number of carbonyl (C=O) groups excluding carboxylic acids is 2. The third-order valence-electron chi connectivity index (χ3n) is 4.74. The monoisotopic (exact) mass is 426 g/mol. The minimum absolute atomic E-state index is 0.0305. The number of amides is 2. The molecule has 2 aromatic carbocycles. The van der Waals surface area contributed by atoms with E-state index in [-0.39, 0.29) is 17.4 Å².